The molecule has 1 N–H and O–H groups in total. The molecule has 0 spiro atoms. The molecule has 5 heteroatoms. The minimum Gasteiger partial charge on any atom is -0.379 e. The van der Waals surface area contributed by atoms with Crippen LogP contribution in [0.1, 0.15) is 11.1 Å². The summed E-state index contributed by atoms with van der Waals surface area (Å²) in [5.41, 5.74) is 3.14. The molecule has 0 saturated carbocycles. The van der Waals surface area contributed by atoms with E-state index in [1.165, 1.54) is 0 Å². The third kappa shape index (κ3) is 3.25. The molecule has 2 saturated heterocycles. The van der Waals surface area contributed by atoms with E-state index in [9.17, 15) is 4.79 Å². The fraction of sp³-hybridized carbons (Fsp3) is 0.588. The molecule has 3 rings (SSSR count). The number of urea groups is 1. The predicted molar refractivity (Wildman–Crippen MR) is 87.2 cm³/mol. The van der Waals surface area contributed by atoms with Crippen molar-refractivity contribution in [2.45, 2.75) is 19.9 Å². The summed E-state index contributed by atoms with van der Waals surface area (Å²) in [4.78, 5) is 17.0. The van der Waals surface area contributed by atoms with Gasteiger partial charge in [0.2, 0.25) is 0 Å². The summed E-state index contributed by atoms with van der Waals surface area (Å²) in [6.07, 6.45) is 0. The standard InChI is InChI=1S/C17H25N3O2/c1-12-4-5-13(2)16(6-12)18-17(21)20-8-14-7-19(3)9-15(20)11-22-10-14/h4-6,14-15H,7-11H2,1-3H3,(H,18,21)/t14-,15-/m0/s1. The number of carbonyl (C=O) groups excluding carboxylic acids is 1. The highest BCUT2D eigenvalue weighted by Crippen LogP contribution is 2.22. The molecule has 5 nitrogen and oxygen atoms in total. The zero-order valence-corrected chi connectivity index (χ0v) is 13.6. The number of amides is 2. The zero-order chi connectivity index (χ0) is 15.7. The molecule has 2 heterocycles. The van der Waals surface area contributed by atoms with Crippen LogP contribution in [0.5, 0.6) is 0 Å². The van der Waals surface area contributed by atoms with E-state index in [0.717, 1.165) is 43.1 Å². The second-order valence-electron chi connectivity index (χ2n) is 6.68. The van der Waals surface area contributed by atoms with Crippen molar-refractivity contribution in [2.75, 3.05) is 45.2 Å². The number of fused-ring (bicyclic) bond motifs is 3. The molecular weight excluding hydrogens is 278 g/mol. The smallest absolute Gasteiger partial charge is 0.322 e. The quantitative estimate of drug-likeness (QED) is 0.864. The number of benzene rings is 1. The average Bonchev–Trinajstić information content (AvgIpc) is 2.73. The van der Waals surface area contributed by atoms with E-state index in [0.29, 0.717) is 12.5 Å². The first-order valence-electron chi connectivity index (χ1n) is 7.94. The Labute approximate surface area is 132 Å². The Hall–Kier alpha value is -1.59. The Morgan fingerprint density at radius 1 is 1.23 bits per heavy atom. The molecule has 1 aromatic carbocycles. The van der Waals surface area contributed by atoms with E-state index < -0.39 is 0 Å². The van der Waals surface area contributed by atoms with Gasteiger partial charge in [0.15, 0.2) is 0 Å². The van der Waals surface area contributed by atoms with Crippen LogP contribution in [-0.2, 0) is 4.74 Å². The molecule has 22 heavy (non-hydrogen) atoms. The number of likely N-dealkylation sites (N-methyl/N-ethyl adjacent to an activating group) is 1. The van der Waals surface area contributed by atoms with Gasteiger partial charge in [-0.1, -0.05) is 12.1 Å². The summed E-state index contributed by atoms with van der Waals surface area (Å²) in [6, 6.07) is 6.25. The van der Waals surface area contributed by atoms with Gasteiger partial charge in [-0.25, -0.2) is 4.79 Å². The Morgan fingerprint density at radius 2 is 2.05 bits per heavy atom. The van der Waals surface area contributed by atoms with Crippen molar-refractivity contribution in [2.24, 2.45) is 5.92 Å². The van der Waals surface area contributed by atoms with Gasteiger partial charge in [0.25, 0.3) is 0 Å². The van der Waals surface area contributed by atoms with E-state index in [1.54, 1.807) is 0 Å². The monoisotopic (exact) mass is 303 g/mol. The number of nitrogens with one attached hydrogen (secondary N) is 1. The van der Waals surface area contributed by atoms with Gasteiger partial charge in [0.1, 0.15) is 0 Å². The molecule has 120 valence electrons. The maximum atomic E-state index is 12.8. The summed E-state index contributed by atoms with van der Waals surface area (Å²) >= 11 is 0. The SMILES string of the molecule is Cc1ccc(C)c(NC(=O)N2C[C@H]3COC[C@@H]2CN(C)C3)c1. The second-order valence-corrected chi connectivity index (χ2v) is 6.68. The number of hydrogen-bond donors (Lipinski definition) is 1. The Balaban J connectivity index is 1.77. The summed E-state index contributed by atoms with van der Waals surface area (Å²) in [7, 11) is 2.12. The van der Waals surface area contributed by atoms with Gasteiger partial charge in [-0.05, 0) is 38.1 Å². The van der Waals surface area contributed by atoms with Gasteiger partial charge in [-0.3, -0.25) is 0 Å². The van der Waals surface area contributed by atoms with Crippen molar-refractivity contribution < 1.29 is 9.53 Å². The molecule has 0 aromatic heterocycles. The minimum absolute atomic E-state index is 0.00972. The lowest BCUT2D eigenvalue weighted by atomic mass is 10.1. The first-order valence-corrected chi connectivity index (χ1v) is 7.94. The first-order chi connectivity index (χ1) is 10.5. The van der Waals surface area contributed by atoms with Crippen molar-refractivity contribution in [3.05, 3.63) is 29.3 Å². The molecule has 2 aliphatic heterocycles. The van der Waals surface area contributed by atoms with Gasteiger partial charge in [0.05, 0.1) is 19.3 Å². The molecule has 2 aliphatic rings. The van der Waals surface area contributed by atoms with Crippen molar-refractivity contribution >= 4 is 11.7 Å². The normalized spacial score (nSPS) is 25.7. The molecule has 2 fully saturated rings. The predicted octanol–water partition coefficient (Wildman–Crippen LogP) is 2.10. The van der Waals surface area contributed by atoms with E-state index in [-0.39, 0.29) is 12.1 Å². The highest BCUT2D eigenvalue weighted by atomic mass is 16.5. The van der Waals surface area contributed by atoms with Crippen molar-refractivity contribution in [3.63, 3.8) is 0 Å². The molecular formula is C17H25N3O2. The Bertz CT molecular complexity index is 561. The lowest BCUT2D eigenvalue weighted by Gasteiger charge is -2.30. The van der Waals surface area contributed by atoms with Crippen LogP contribution >= 0.6 is 0 Å². The van der Waals surface area contributed by atoms with Crippen LogP contribution in [-0.4, -0.2) is 61.8 Å². The Morgan fingerprint density at radius 3 is 2.86 bits per heavy atom. The maximum absolute atomic E-state index is 12.8. The van der Waals surface area contributed by atoms with Crippen LogP contribution in [0.2, 0.25) is 0 Å². The zero-order valence-electron chi connectivity index (χ0n) is 13.6. The molecule has 0 aliphatic carbocycles. The van der Waals surface area contributed by atoms with Gasteiger partial charge in [-0.2, -0.15) is 0 Å². The number of ether oxygens (including phenoxy) is 1. The van der Waals surface area contributed by atoms with Gasteiger partial charge < -0.3 is 19.9 Å². The fourth-order valence-corrected chi connectivity index (χ4v) is 3.38. The van der Waals surface area contributed by atoms with Gasteiger partial charge in [0, 0.05) is 31.2 Å². The van der Waals surface area contributed by atoms with Crippen LogP contribution < -0.4 is 5.32 Å². The number of anilines is 1. The minimum atomic E-state index is -0.00972. The van der Waals surface area contributed by atoms with Crippen LogP contribution in [0, 0.1) is 19.8 Å². The number of carbonyl (C=O) groups is 1. The van der Waals surface area contributed by atoms with Crippen molar-refractivity contribution in [1.82, 2.24) is 9.80 Å². The topological polar surface area (TPSA) is 44.8 Å². The third-order valence-electron chi connectivity index (χ3n) is 4.55. The second kappa shape index (κ2) is 6.26. The molecule has 2 amide bonds. The number of hydrogen-bond acceptors (Lipinski definition) is 3. The molecule has 2 atom stereocenters. The van der Waals surface area contributed by atoms with E-state index in [4.69, 9.17) is 4.74 Å². The van der Waals surface area contributed by atoms with Gasteiger partial charge >= 0.3 is 6.03 Å². The fourth-order valence-electron chi connectivity index (χ4n) is 3.38. The van der Waals surface area contributed by atoms with E-state index in [2.05, 4.69) is 23.3 Å². The third-order valence-corrected chi connectivity index (χ3v) is 4.55. The van der Waals surface area contributed by atoms with Crippen LogP contribution in [0.15, 0.2) is 18.2 Å². The lowest BCUT2D eigenvalue weighted by molar-refractivity contribution is 0.0625. The van der Waals surface area contributed by atoms with Crippen molar-refractivity contribution in [3.8, 4) is 0 Å². The highest BCUT2D eigenvalue weighted by Gasteiger charge is 2.34. The lowest BCUT2D eigenvalue weighted by Crippen LogP contribution is -2.47. The van der Waals surface area contributed by atoms with Gasteiger partial charge in [-0.15, -0.1) is 0 Å². The van der Waals surface area contributed by atoms with Crippen molar-refractivity contribution in [1.29, 1.82) is 0 Å². The first kappa shape index (κ1) is 15.3. The molecule has 2 bridgehead atoms. The number of rotatable bonds is 1. The van der Waals surface area contributed by atoms with E-state index in [1.807, 2.05) is 30.9 Å². The highest BCUT2D eigenvalue weighted by molar-refractivity contribution is 5.90. The van der Waals surface area contributed by atoms with E-state index >= 15 is 0 Å². The largest absolute Gasteiger partial charge is 0.379 e. The van der Waals surface area contributed by atoms with Crippen LogP contribution in [0.25, 0.3) is 0 Å². The van der Waals surface area contributed by atoms with Crippen LogP contribution in [0.3, 0.4) is 0 Å². The average molecular weight is 303 g/mol. The number of aryl methyl sites for hydroxylation is 2. The number of nitrogens with zero attached hydrogens (tertiary/aromatic N) is 2. The summed E-state index contributed by atoms with van der Waals surface area (Å²) < 4.78 is 5.73. The van der Waals surface area contributed by atoms with Crippen LogP contribution in [0.4, 0.5) is 10.5 Å². The molecule has 0 radical (unpaired) electrons. The molecule has 1 aromatic rings. The maximum Gasteiger partial charge on any atom is 0.322 e. The summed E-state index contributed by atoms with van der Waals surface area (Å²) in [5.74, 6) is 0.391. The summed E-state index contributed by atoms with van der Waals surface area (Å²) in [5, 5.41) is 3.09. The summed E-state index contributed by atoms with van der Waals surface area (Å²) in [6.45, 7) is 8.06. The molecule has 0 unspecified atom stereocenters. The Kier molecular flexibility index (Phi) is 4.36.